The Balaban J connectivity index is 1.41. The standard InChI is InChI=1S/C24H27N5O2/c1-18-25-22(17-23(26-18)31-21-7-5-4-6-8-21)28-13-15-29(16-14-28)24(30)19-9-11-20(12-10-19)27(2)3/h4-12,17H,13-16H2,1-3H3. The van der Waals surface area contributed by atoms with E-state index in [2.05, 4.69) is 14.9 Å². The van der Waals surface area contributed by atoms with Gasteiger partial charge in [-0.25, -0.2) is 4.98 Å². The fourth-order valence-electron chi connectivity index (χ4n) is 3.57. The zero-order valence-electron chi connectivity index (χ0n) is 18.2. The fourth-order valence-corrected chi connectivity index (χ4v) is 3.57. The summed E-state index contributed by atoms with van der Waals surface area (Å²) in [5.74, 6) is 2.80. The van der Waals surface area contributed by atoms with Crippen LogP contribution < -0.4 is 14.5 Å². The summed E-state index contributed by atoms with van der Waals surface area (Å²) in [6, 6.07) is 19.2. The molecule has 0 atom stereocenters. The third-order valence-electron chi connectivity index (χ3n) is 5.29. The van der Waals surface area contributed by atoms with Gasteiger partial charge in [0.05, 0.1) is 0 Å². The highest BCUT2D eigenvalue weighted by atomic mass is 16.5. The number of aryl methyl sites for hydroxylation is 1. The van der Waals surface area contributed by atoms with Crippen molar-refractivity contribution in [3.05, 3.63) is 72.1 Å². The van der Waals surface area contributed by atoms with Gasteiger partial charge in [0.25, 0.3) is 5.91 Å². The first kappa shape index (κ1) is 20.7. The Morgan fingerprint density at radius 1 is 0.935 bits per heavy atom. The van der Waals surface area contributed by atoms with Gasteiger partial charge in [-0.05, 0) is 43.3 Å². The van der Waals surface area contributed by atoms with E-state index in [9.17, 15) is 4.79 Å². The van der Waals surface area contributed by atoms with E-state index in [1.165, 1.54) is 0 Å². The lowest BCUT2D eigenvalue weighted by Gasteiger charge is -2.35. The van der Waals surface area contributed by atoms with Crippen LogP contribution in [0.2, 0.25) is 0 Å². The number of rotatable bonds is 5. The molecule has 0 N–H and O–H groups in total. The van der Waals surface area contributed by atoms with E-state index in [1.54, 1.807) is 0 Å². The second-order valence-corrected chi connectivity index (χ2v) is 7.75. The normalized spacial score (nSPS) is 13.8. The number of hydrogen-bond acceptors (Lipinski definition) is 6. The largest absolute Gasteiger partial charge is 0.439 e. The number of aromatic nitrogens is 2. The molecule has 1 saturated heterocycles. The van der Waals surface area contributed by atoms with Gasteiger partial charge in [0.15, 0.2) is 0 Å². The lowest BCUT2D eigenvalue weighted by Crippen LogP contribution is -2.49. The average Bonchev–Trinajstić information content (AvgIpc) is 2.79. The smallest absolute Gasteiger partial charge is 0.253 e. The maximum atomic E-state index is 12.9. The van der Waals surface area contributed by atoms with Crippen LogP contribution in [0.4, 0.5) is 11.5 Å². The number of ether oxygens (including phenoxy) is 1. The van der Waals surface area contributed by atoms with Crippen molar-refractivity contribution in [3.63, 3.8) is 0 Å². The average molecular weight is 418 g/mol. The van der Waals surface area contributed by atoms with Gasteiger partial charge in [-0.3, -0.25) is 4.79 Å². The predicted octanol–water partition coefficient (Wildman–Crippen LogP) is 3.61. The van der Waals surface area contributed by atoms with Gasteiger partial charge >= 0.3 is 0 Å². The van der Waals surface area contributed by atoms with Gasteiger partial charge in [0, 0.05) is 57.6 Å². The Morgan fingerprint density at radius 3 is 2.26 bits per heavy atom. The van der Waals surface area contributed by atoms with Crippen LogP contribution in [0.1, 0.15) is 16.2 Å². The lowest BCUT2D eigenvalue weighted by atomic mass is 10.1. The maximum Gasteiger partial charge on any atom is 0.253 e. The molecular weight excluding hydrogens is 390 g/mol. The van der Waals surface area contributed by atoms with E-state index in [4.69, 9.17) is 4.74 Å². The van der Waals surface area contributed by atoms with E-state index in [-0.39, 0.29) is 5.91 Å². The molecule has 0 spiro atoms. The molecule has 1 aliphatic heterocycles. The van der Waals surface area contributed by atoms with Gasteiger partial charge in [0.2, 0.25) is 5.88 Å². The molecule has 0 bridgehead atoms. The Morgan fingerprint density at radius 2 is 1.61 bits per heavy atom. The topological polar surface area (TPSA) is 61.8 Å². The third-order valence-corrected chi connectivity index (χ3v) is 5.29. The molecule has 2 heterocycles. The molecule has 0 saturated carbocycles. The summed E-state index contributed by atoms with van der Waals surface area (Å²) in [5.41, 5.74) is 1.80. The monoisotopic (exact) mass is 417 g/mol. The number of hydrogen-bond donors (Lipinski definition) is 0. The summed E-state index contributed by atoms with van der Waals surface area (Å²) >= 11 is 0. The first-order valence-electron chi connectivity index (χ1n) is 10.4. The number of amides is 1. The van der Waals surface area contributed by atoms with E-state index >= 15 is 0 Å². The zero-order chi connectivity index (χ0) is 21.8. The summed E-state index contributed by atoms with van der Waals surface area (Å²) in [5, 5.41) is 0. The molecule has 7 nitrogen and oxygen atoms in total. The molecule has 0 radical (unpaired) electrons. The van der Waals surface area contributed by atoms with Crippen molar-refractivity contribution in [1.82, 2.24) is 14.9 Å². The van der Waals surface area contributed by atoms with Crippen molar-refractivity contribution in [1.29, 1.82) is 0 Å². The molecule has 31 heavy (non-hydrogen) atoms. The molecule has 1 aromatic heterocycles. The maximum absolute atomic E-state index is 12.9. The summed E-state index contributed by atoms with van der Waals surface area (Å²) < 4.78 is 5.89. The first-order valence-corrected chi connectivity index (χ1v) is 10.4. The van der Waals surface area contributed by atoms with E-state index in [1.807, 2.05) is 91.5 Å². The number of piperazine rings is 1. The van der Waals surface area contributed by atoms with E-state index in [0.29, 0.717) is 37.9 Å². The van der Waals surface area contributed by atoms with Crippen molar-refractivity contribution < 1.29 is 9.53 Å². The van der Waals surface area contributed by atoms with Crippen molar-refractivity contribution in [2.24, 2.45) is 0 Å². The molecule has 4 rings (SSSR count). The van der Waals surface area contributed by atoms with Crippen LogP contribution in [-0.2, 0) is 0 Å². The molecular formula is C24H27N5O2. The van der Waals surface area contributed by atoms with E-state index < -0.39 is 0 Å². The second kappa shape index (κ2) is 9.04. The minimum atomic E-state index is 0.0666. The number of nitrogens with zero attached hydrogens (tertiary/aromatic N) is 5. The molecule has 1 aliphatic rings. The summed E-state index contributed by atoms with van der Waals surface area (Å²) in [7, 11) is 3.97. The van der Waals surface area contributed by atoms with Crippen LogP contribution in [0.15, 0.2) is 60.7 Å². The number of carbonyl (C=O) groups excluding carboxylic acids is 1. The fraction of sp³-hybridized carbons (Fsp3) is 0.292. The Bertz CT molecular complexity index is 1030. The van der Waals surface area contributed by atoms with Crippen LogP contribution in [0.5, 0.6) is 11.6 Å². The Hall–Kier alpha value is -3.61. The molecule has 0 aliphatic carbocycles. The van der Waals surface area contributed by atoms with Crippen molar-refractivity contribution in [3.8, 4) is 11.6 Å². The molecule has 1 amide bonds. The number of para-hydroxylation sites is 1. The predicted molar refractivity (Wildman–Crippen MR) is 122 cm³/mol. The van der Waals surface area contributed by atoms with Crippen LogP contribution in [0.25, 0.3) is 0 Å². The van der Waals surface area contributed by atoms with Crippen LogP contribution in [0, 0.1) is 6.92 Å². The highest BCUT2D eigenvalue weighted by molar-refractivity contribution is 5.94. The highest BCUT2D eigenvalue weighted by Crippen LogP contribution is 2.24. The molecule has 2 aromatic carbocycles. The van der Waals surface area contributed by atoms with Crippen molar-refractivity contribution in [2.45, 2.75) is 6.92 Å². The van der Waals surface area contributed by atoms with Gasteiger partial charge < -0.3 is 19.4 Å². The number of carbonyl (C=O) groups is 1. The Kier molecular flexibility index (Phi) is 6.02. The second-order valence-electron chi connectivity index (χ2n) is 7.75. The Labute approximate surface area is 182 Å². The van der Waals surface area contributed by atoms with Gasteiger partial charge in [-0.15, -0.1) is 0 Å². The lowest BCUT2D eigenvalue weighted by molar-refractivity contribution is 0.0746. The molecule has 0 unspecified atom stereocenters. The summed E-state index contributed by atoms with van der Waals surface area (Å²) in [6.07, 6.45) is 0. The van der Waals surface area contributed by atoms with Gasteiger partial charge in [-0.1, -0.05) is 18.2 Å². The number of anilines is 2. The SMILES string of the molecule is Cc1nc(Oc2ccccc2)cc(N2CCN(C(=O)c3ccc(N(C)C)cc3)CC2)n1. The van der Waals surface area contributed by atoms with Crippen LogP contribution in [-0.4, -0.2) is 61.0 Å². The van der Waals surface area contributed by atoms with Gasteiger partial charge in [-0.2, -0.15) is 4.98 Å². The van der Waals surface area contributed by atoms with Crippen molar-refractivity contribution >= 4 is 17.4 Å². The highest BCUT2D eigenvalue weighted by Gasteiger charge is 2.23. The number of benzene rings is 2. The molecule has 3 aromatic rings. The molecule has 7 heteroatoms. The molecule has 1 fully saturated rings. The van der Waals surface area contributed by atoms with Crippen LogP contribution in [0.3, 0.4) is 0 Å². The van der Waals surface area contributed by atoms with Crippen molar-refractivity contribution in [2.75, 3.05) is 50.1 Å². The van der Waals surface area contributed by atoms with E-state index in [0.717, 1.165) is 22.8 Å². The van der Waals surface area contributed by atoms with Gasteiger partial charge in [0.1, 0.15) is 17.4 Å². The van der Waals surface area contributed by atoms with Crippen LogP contribution >= 0.6 is 0 Å². The molecule has 160 valence electrons. The summed E-state index contributed by atoms with van der Waals surface area (Å²) in [6.45, 7) is 4.57. The first-order chi connectivity index (χ1) is 15.0. The summed E-state index contributed by atoms with van der Waals surface area (Å²) in [4.78, 5) is 28.0. The minimum Gasteiger partial charge on any atom is -0.439 e. The quantitative estimate of drug-likeness (QED) is 0.632. The zero-order valence-corrected chi connectivity index (χ0v) is 18.2. The minimum absolute atomic E-state index is 0.0666. The third kappa shape index (κ3) is 4.94.